The Balaban J connectivity index is 1.92. The van der Waals surface area contributed by atoms with E-state index in [2.05, 4.69) is 15.5 Å². The van der Waals surface area contributed by atoms with E-state index in [4.69, 9.17) is 11.6 Å². The summed E-state index contributed by atoms with van der Waals surface area (Å²) in [7, 11) is 1.45. The number of urea groups is 1. The standard InChI is InChI=1S/C18H14ClF3N4O2/c1-8(26(2)18(28)23-9-3-4-13(20)12(19)5-9)16-10-6-14(21)15(22)7-11(10)17(27)25-24-16/h3-8H,1-2H3,(H,23,28)(H,25,27). The molecule has 3 rings (SSSR count). The number of carbonyl (C=O) groups is 1. The first-order valence-electron chi connectivity index (χ1n) is 8.05. The lowest BCUT2D eigenvalue weighted by atomic mass is 10.1. The van der Waals surface area contributed by atoms with Crippen molar-refractivity contribution in [2.24, 2.45) is 0 Å². The van der Waals surface area contributed by atoms with Crippen molar-refractivity contribution in [2.45, 2.75) is 13.0 Å². The molecule has 0 saturated carbocycles. The summed E-state index contributed by atoms with van der Waals surface area (Å²) in [4.78, 5) is 25.6. The van der Waals surface area contributed by atoms with Crippen LogP contribution in [0.2, 0.25) is 5.02 Å². The third-order valence-electron chi connectivity index (χ3n) is 4.33. The Kier molecular flexibility index (Phi) is 5.28. The molecule has 6 nitrogen and oxygen atoms in total. The van der Waals surface area contributed by atoms with Gasteiger partial charge in [0.2, 0.25) is 0 Å². The Morgan fingerprint density at radius 2 is 1.79 bits per heavy atom. The highest BCUT2D eigenvalue weighted by atomic mass is 35.5. The highest BCUT2D eigenvalue weighted by Gasteiger charge is 2.23. The number of nitrogens with one attached hydrogen (secondary N) is 2. The van der Waals surface area contributed by atoms with Gasteiger partial charge in [-0.1, -0.05) is 11.6 Å². The van der Waals surface area contributed by atoms with Gasteiger partial charge in [-0.2, -0.15) is 5.10 Å². The van der Waals surface area contributed by atoms with Crippen LogP contribution >= 0.6 is 11.6 Å². The second-order valence-corrected chi connectivity index (χ2v) is 6.50. The van der Waals surface area contributed by atoms with E-state index in [-0.39, 0.29) is 27.2 Å². The molecule has 0 bridgehead atoms. The van der Waals surface area contributed by atoms with Gasteiger partial charge in [-0.3, -0.25) is 4.79 Å². The number of H-pyrrole nitrogens is 1. The predicted molar refractivity (Wildman–Crippen MR) is 98.9 cm³/mol. The predicted octanol–water partition coefficient (Wildman–Crippen LogP) is 4.22. The maximum atomic E-state index is 13.7. The fourth-order valence-corrected chi connectivity index (χ4v) is 2.82. The van der Waals surface area contributed by atoms with Crippen molar-refractivity contribution in [3.63, 3.8) is 0 Å². The van der Waals surface area contributed by atoms with Crippen LogP contribution in [-0.4, -0.2) is 28.2 Å². The molecule has 0 spiro atoms. The molecule has 0 radical (unpaired) electrons. The van der Waals surface area contributed by atoms with Crippen molar-refractivity contribution < 1.29 is 18.0 Å². The lowest BCUT2D eigenvalue weighted by Crippen LogP contribution is -2.34. The fraction of sp³-hybridized carbons (Fsp3) is 0.167. The van der Waals surface area contributed by atoms with Crippen LogP contribution < -0.4 is 10.9 Å². The van der Waals surface area contributed by atoms with Gasteiger partial charge in [0, 0.05) is 18.1 Å². The van der Waals surface area contributed by atoms with Gasteiger partial charge in [-0.05, 0) is 37.3 Å². The zero-order valence-electron chi connectivity index (χ0n) is 14.7. The number of aromatic nitrogens is 2. The summed E-state index contributed by atoms with van der Waals surface area (Å²) in [5, 5.41) is 8.49. The Bertz CT molecular complexity index is 1140. The summed E-state index contributed by atoms with van der Waals surface area (Å²) in [6.45, 7) is 1.60. The van der Waals surface area contributed by atoms with E-state index in [1.54, 1.807) is 6.92 Å². The third kappa shape index (κ3) is 3.65. The first kappa shape index (κ1) is 19.7. The molecule has 10 heteroatoms. The van der Waals surface area contributed by atoms with Gasteiger partial charge in [-0.15, -0.1) is 0 Å². The van der Waals surface area contributed by atoms with Crippen LogP contribution in [0.4, 0.5) is 23.7 Å². The molecule has 0 aliphatic carbocycles. The minimum atomic E-state index is -1.16. The van der Waals surface area contributed by atoms with Gasteiger partial charge >= 0.3 is 6.03 Å². The number of amides is 2. The summed E-state index contributed by atoms with van der Waals surface area (Å²) >= 11 is 5.69. The summed E-state index contributed by atoms with van der Waals surface area (Å²) in [6, 6.07) is 4.03. The van der Waals surface area contributed by atoms with Crippen LogP contribution in [0.3, 0.4) is 0 Å². The molecule has 0 aliphatic rings. The smallest absolute Gasteiger partial charge is 0.319 e. The number of aromatic amines is 1. The highest BCUT2D eigenvalue weighted by molar-refractivity contribution is 6.31. The maximum absolute atomic E-state index is 13.7. The number of benzene rings is 2. The van der Waals surface area contributed by atoms with E-state index in [9.17, 15) is 22.8 Å². The SMILES string of the molecule is CC(c1n[nH]c(=O)c2cc(F)c(F)cc12)N(C)C(=O)Nc1ccc(F)c(Cl)c1. The molecule has 1 aromatic heterocycles. The van der Waals surface area contributed by atoms with E-state index in [0.717, 1.165) is 18.2 Å². The molecule has 2 N–H and O–H groups in total. The Hall–Kier alpha value is -3.07. The lowest BCUT2D eigenvalue weighted by molar-refractivity contribution is 0.207. The van der Waals surface area contributed by atoms with E-state index in [1.165, 1.54) is 24.1 Å². The van der Waals surface area contributed by atoms with Crippen LogP contribution in [0.25, 0.3) is 10.8 Å². The van der Waals surface area contributed by atoms with Gasteiger partial charge in [0.1, 0.15) is 5.82 Å². The Morgan fingerprint density at radius 3 is 2.43 bits per heavy atom. The number of hydrogen-bond acceptors (Lipinski definition) is 3. The van der Waals surface area contributed by atoms with Crippen LogP contribution in [-0.2, 0) is 0 Å². The molecule has 146 valence electrons. The zero-order valence-corrected chi connectivity index (χ0v) is 15.4. The molecule has 28 heavy (non-hydrogen) atoms. The number of halogens is 4. The van der Waals surface area contributed by atoms with Crippen molar-refractivity contribution in [1.82, 2.24) is 15.1 Å². The van der Waals surface area contributed by atoms with Crippen LogP contribution in [0.5, 0.6) is 0 Å². The quantitative estimate of drug-likeness (QED) is 0.678. The number of anilines is 1. The molecule has 0 saturated heterocycles. The van der Waals surface area contributed by atoms with Crippen molar-refractivity contribution >= 4 is 34.1 Å². The van der Waals surface area contributed by atoms with Gasteiger partial charge < -0.3 is 10.2 Å². The molecule has 1 unspecified atom stereocenters. The maximum Gasteiger partial charge on any atom is 0.322 e. The van der Waals surface area contributed by atoms with E-state index >= 15 is 0 Å². The minimum absolute atomic E-state index is 0.0830. The van der Waals surface area contributed by atoms with Crippen molar-refractivity contribution in [3.8, 4) is 0 Å². The lowest BCUT2D eigenvalue weighted by Gasteiger charge is -2.25. The molecule has 0 fully saturated rings. The largest absolute Gasteiger partial charge is 0.322 e. The second-order valence-electron chi connectivity index (χ2n) is 6.10. The highest BCUT2D eigenvalue weighted by Crippen LogP contribution is 2.26. The van der Waals surface area contributed by atoms with Gasteiger partial charge in [0.25, 0.3) is 5.56 Å². The van der Waals surface area contributed by atoms with Crippen LogP contribution in [0.15, 0.2) is 35.1 Å². The van der Waals surface area contributed by atoms with Gasteiger partial charge in [-0.25, -0.2) is 23.1 Å². The van der Waals surface area contributed by atoms with E-state index in [0.29, 0.717) is 0 Å². The summed E-state index contributed by atoms with van der Waals surface area (Å²) in [5.41, 5.74) is -0.246. The Morgan fingerprint density at radius 1 is 1.14 bits per heavy atom. The molecule has 3 aromatic rings. The minimum Gasteiger partial charge on any atom is -0.319 e. The average molecular weight is 411 g/mol. The number of fused-ring (bicyclic) bond motifs is 1. The number of carbonyl (C=O) groups excluding carboxylic acids is 1. The van der Waals surface area contributed by atoms with E-state index in [1.807, 2.05) is 0 Å². The fourth-order valence-electron chi connectivity index (χ4n) is 2.64. The molecule has 2 amide bonds. The average Bonchev–Trinajstić information content (AvgIpc) is 2.65. The molecule has 1 atom stereocenters. The number of nitrogens with zero attached hydrogens (tertiary/aromatic N) is 2. The summed E-state index contributed by atoms with van der Waals surface area (Å²) in [5.74, 6) is -2.93. The first-order chi connectivity index (χ1) is 13.2. The Labute approximate surface area is 161 Å². The normalized spacial score (nSPS) is 12.1. The molecule has 2 aromatic carbocycles. The molecular formula is C18H14ClF3N4O2. The van der Waals surface area contributed by atoms with Gasteiger partial charge in [0.05, 0.1) is 22.1 Å². The monoisotopic (exact) mass is 410 g/mol. The molecule has 1 heterocycles. The van der Waals surface area contributed by atoms with Crippen molar-refractivity contribution in [1.29, 1.82) is 0 Å². The summed E-state index contributed by atoms with van der Waals surface area (Å²) in [6.07, 6.45) is 0. The van der Waals surface area contributed by atoms with Crippen LogP contribution in [0.1, 0.15) is 18.7 Å². The van der Waals surface area contributed by atoms with Gasteiger partial charge in [0.15, 0.2) is 11.6 Å². The van der Waals surface area contributed by atoms with Crippen LogP contribution in [0, 0.1) is 17.5 Å². The van der Waals surface area contributed by atoms with Crippen molar-refractivity contribution in [2.75, 3.05) is 12.4 Å². The van der Waals surface area contributed by atoms with E-state index < -0.39 is 35.1 Å². The molecular weight excluding hydrogens is 397 g/mol. The zero-order chi connectivity index (χ0) is 20.6. The number of rotatable bonds is 3. The first-order valence-corrected chi connectivity index (χ1v) is 8.43. The van der Waals surface area contributed by atoms with Crippen molar-refractivity contribution in [3.05, 3.63) is 68.9 Å². The summed E-state index contributed by atoms with van der Waals surface area (Å²) < 4.78 is 40.4. The third-order valence-corrected chi connectivity index (χ3v) is 4.62. The second kappa shape index (κ2) is 7.51. The number of hydrogen-bond donors (Lipinski definition) is 2. The topological polar surface area (TPSA) is 78.1 Å². The molecule has 0 aliphatic heterocycles.